The van der Waals surface area contributed by atoms with Gasteiger partial charge in [0.15, 0.2) is 5.79 Å². The first-order valence-corrected chi connectivity index (χ1v) is 11.3. The van der Waals surface area contributed by atoms with Crippen molar-refractivity contribution in [3.8, 4) is 5.75 Å². The second-order valence-corrected chi connectivity index (χ2v) is 10.9. The van der Waals surface area contributed by atoms with Gasteiger partial charge in [-0.3, -0.25) is 0 Å². The van der Waals surface area contributed by atoms with Crippen LogP contribution in [-0.2, 0) is 21.5 Å². The summed E-state index contributed by atoms with van der Waals surface area (Å²) in [6.07, 6.45) is 3.65. The molecule has 1 saturated carbocycles. The molecule has 2 saturated heterocycles. The molecule has 4 aliphatic rings. The molecule has 0 amide bonds. The summed E-state index contributed by atoms with van der Waals surface area (Å²) in [5, 5.41) is 11.4. The van der Waals surface area contributed by atoms with E-state index in [0.717, 1.165) is 31.4 Å². The largest absolute Gasteiger partial charge is 0.496 e. The van der Waals surface area contributed by atoms with E-state index < -0.39 is 23.1 Å². The molecule has 7 atom stereocenters. The maximum Gasteiger partial charge on any atom is 0.199 e. The molecule has 1 aromatic carbocycles. The van der Waals surface area contributed by atoms with Gasteiger partial charge in [-0.15, -0.1) is 0 Å². The number of aliphatic hydroxyl groups excluding tert-OH is 1. The Hall–Kier alpha value is -1.10. The van der Waals surface area contributed by atoms with Crippen molar-refractivity contribution in [2.45, 2.75) is 90.3 Å². The summed E-state index contributed by atoms with van der Waals surface area (Å²) in [5.74, 6) is 0.659. The zero-order valence-electron chi connectivity index (χ0n) is 19.0. The number of hydrogen-bond acceptors (Lipinski definition) is 4. The predicted octanol–water partition coefficient (Wildman–Crippen LogP) is 4.73. The lowest BCUT2D eigenvalue weighted by molar-refractivity contribution is -0.391. The molecule has 0 radical (unpaired) electrons. The normalized spacial score (nSPS) is 47.2. The Labute approximate surface area is 174 Å². The minimum atomic E-state index is -0.938. The minimum Gasteiger partial charge on any atom is -0.496 e. The highest BCUT2D eigenvalue weighted by Crippen LogP contribution is 2.72. The van der Waals surface area contributed by atoms with E-state index in [4.69, 9.17) is 14.2 Å². The van der Waals surface area contributed by atoms with Gasteiger partial charge in [-0.1, -0.05) is 26.8 Å². The average Bonchev–Trinajstić information content (AvgIpc) is 3.00. The molecule has 2 aliphatic heterocycles. The Bertz CT molecular complexity index is 863. The van der Waals surface area contributed by atoms with Gasteiger partial charge in [0.25, 0.3) is 0 Å². The Morgan fingerprint density at radius 1 is 1.07 bits per heavy atom. The molecule has 4 heteroatoms. The van der Waals surface area contributed by atoms with Crippen molar-refractivity contribution in [2.24, 2.45) is 23.2 Å². The third-order valence-corrected chi connectivity index (χ3v) is 9.62. The Morgan fingerprint density at radius 3 is 2.41 bits per heavy atom. The maximum absolute atomic E-state index is 11.4. The molecule has 3 fully saturated rings. The molecule has 5 rings (SSSR count). The number of hydrogen-bond donors (Lipinski definition) is 1. The van der Waals surface area contributed by atoms with Crippen LogP contribution in [0.3, 0.4) is 0 Å². The summed E-state index contributed by atoms with van der Waals surface area (Å²) >= 11 is 0. The lowest BCUT2D eigenvalue weighted by Gasteiger charge is -2.61. The summed E-state index contributed by atoms with van der Waals surface area (Å²) in [5.41, 5.74) is 3.13. The van der Waals surface area contributed by atoms with E-state index in [-0.39, 0.29) is 17.3 Å². The maximum atomic E-state index is 11.4. The second kappa shape index (κ2) is 5.77. The molecule has 1 aromatic rings. The number of fused-ring (bicyclic) bond motifs is 1. The zero-order valence-corrected chi connectivity index (χ0v) is 19.0. The molecular formula is C25H36O4. The highest BCUT2D eigenvalue weighted by atomic mass is 16.7. The fourth-order valence-corrected chi connectivity index (χ4v) is 7.54. The van der Waals surface area contributed by atoms with Crippen molar-refractivity contribution in [3.05, 3.63) is 28.8 Å². The van der Waals surface area contributed by atoms with Crippen LogP contribution in [0.15, 0.2) is 12.1 Å². The fraction of sp³-hybridized carbons (Fsp3) is 0.760. The molecule has 0 unspecified atom stereocenters. The van der Waals surface area contributed by atoms with E-state index >= 15 is 0 Å². The lowest BCUT2D eigenvalue weighted by Crippen LogP contribution is -2.65. The van der Waals surface area contributed by atoms with Crippen LogP contribution in [0.1, 0.15) is 70.6 Å². The summed E-state index contributed by atoms with van der Waals surface area (Å²) < 4.78 is 19.5. The molecule has 29 heavy (non-hydrogen) atoms. The Morgan fingerprint density at radius 2 is 1.79 bits per heavy atom. The van der Waals surface area contributed by atoms with Crippen LogP contribution in [0.2, 0.25) is 0 Å². The van der Waals surface area contributed by atoms with Crippen LogP contribution in [0.4, 0.5) is 0 Å². The van der Waals surface area contributed by atoms with Crippen molar-refractivity contribution in [3.63, 3.8) is 0 Å². The molecule has 1 spiro atoms. The van der Waals surface area contributed by atoms with Gasteiger partial charge in [-0.05, 0) is 75.1 Å². The number of rotatable bonds is 1. The van der Waals surface area contributed by atoms with Crippen molar-refractivity contribution >= 4 is 0 Å². The van der Waals surface area contributed by atoms with Gasteiger partial charge in [0.05, 0.1) is 12.7 Å². The highest BCUT2D eigenvalue weighted by molar-refractivity contribution is 5.50. The Balaban J connectivity index is 1.71. The molecule has 1 N–H and O–H groups in total. The lowest BCUT2D eigenvalue weighted by atomic mass is 9.55. The Kier molecular flexibility index (Phi) is 3.95. The van der Waals surface area contributed by atoms with Gasteiger partial charge in [-0.2, -0.15) is 0 Å². The molecule has 2 heterocycles. The van der Waals surface area contributed by atoms with Gasteiger partial charge >= 0.3 is 0 Å². The summed E-state index contributed by atoms with van der Waals surface area (Å²) in [4.78, 5) is 0. The van der Waals surface area contributed by atoms with Crippen molar-refractivity contribution < 1.29 is 19.3 Å². The van der Waals surface area contributed by atoms with Gasteiger partial charge in [0, 0.05) is 17.3 Å². The summed E-state index contributed by atoms with van der Waals surface area (Å²) in [6, 6.07) is 4.31. The molecule has 4 nitrogen and oxygen atoms in total. The van der Waals surface area contributed by atoms with E-state index in [9.17, 15) is 5.11 Å². The van der Waals surface area contributed by atoms with Gasteiger partial charge in [-0.25, -0.2) is 0 Å². The van der Waals surface area contributed by atoms with Crippen LogP contribution in [0, 0.1) is 30.1 Å². The monoisotopic (exact) mass is 400 g/mol. The topological polar surface area (TPSA) is 47.9 Å². The predicted molar refractivity (Wildman–Crippen MR) is 112 cm³/mol. The molecule has 160 valence electrons. The standard InChI is InChI=1S/C25H36O4/c1-14-17-10-12-23(6)18-11-13-24(23,19(17)8-9-20(14)27-7)29-25(15(18)2)21(26)16(3)22(4,5)28-25/h8-9,15-16,18,21,26H,10-13H2,1-7H3/t15-,16-,18+,21+,23+,24-,25+/m0/s1. The van der Waals surface area contributed by atoms with E-state index in [2.05, 4.69) is 53.7 Å². The van der Waals surface area contributed by atoms with Gasteiger partial charge in [0.2, 0.25) is 0 Å². The van der Waals surface area contributed by atoms with E-state index in [0.29, 0.717) is 5.92 Å². The molecule has 2 aliphatic carbocycles. The summed E-state index contributed by atoms with van der Waals surface area (Å²) in [7, 11) is 1.74. The minimum absolute atomic E-state index is 0.0192. The van der Waals surface area contributed by atoms with Crippen LogP contribution in [-0.4, -0.2) is 29.7 Å². The highest BCUT2D eigenvalue weighted by Gasteiger charge is 2.75. The average molecular weight is 401 g/mol. The first-order chi connectivity index (χ1) is 13.5. The number of benzene rings is 1. The third kappa shape index (κ3) is 2.11. The quantitative estimate of drug-likeness (QED) is 0.740. The van der Waals surface area contributed by atoms with Gasteiger partial charge in [0.1, 0.15) is 17.5 Å². The van der Waals surface area contributed by atoms with E-state index in [1.54, 1.807) is 7.11 Å². The smallest absolute Gasteiger partial charge is 0.199 e. The summed E-state index contributed by atoms with van der Waals surface area (Å²) in [6.45, 7) is 13.1. The van der Waals surface area contributed by atoms with Crippen LogP contribution >= 0.6 is 0 Å². The van der Waals surface area contributed by atoms with E-state index in [1.165, 1.54) is 16.7 Å². The van der Waals surface area contributed by atoms with Crippen LogP contribution in [0.25, 0.3) is 0 Å². The SMILES string of the molecule is COc1ccc2c(c1C)CC[C@]1(C)[C@@H]3CC[C@]21O[C@]1(OC(C)(C)[C@@H](C)[C@H]1O)[C@H]3C. The van der Waals surface area contributed by atoms with Crippen molar-refractivity contribution in [1.29, 1.82) is 0 Å². The first kappa shape index (κ1) is 19.8. The molecular weight excluding hydrogens is 364 g/mol. The molecule has 2 bridgehead atoms. The number of ether oxygens (including phenoxy) is 3. The fourth-order valence-electron chi connectivity index (χ4n) is 7.54. The number of aliphatic hydroxyl groups is 1. The van der Waals surface area contributed by atoms with Crippen molar-refractivity contribution in [2.75, 3.05) is 7.11 Å². The molecule has 0 aromatic heterocycles. The van der Waals surface area contributed by atoms with Crippen LogP contribution < -0.4 is 4.74 Å². The number of methoxy groups -OCH3 is 1. The zero-order chi connectivity index (χ0) is 21.0. The van der Waals surface area contributed by atoms with E-state index in [1.807, 2.05) is 0 Å². The van der Waals surface area contributed by atoms with Gasteiger partial charge < -0.3 is 19.3 Å². The van der Waals surface area contributed by atoms with Crippen molar-refractivity contribution in [1.82, 2.24) is 0 Å². The van der Waals surface area contributed by atoms with Crippen LogP contribution in [0.5, 0.6) is 5.75 Å². The second-order valence-electron chi connectivity index (χ2n) is 10.9. The first-order valence-electron chi connectivity index (χ1n) is 11.3. The third-order valence-electron chi connectivity index (χ3n) is 9.62.